The summed E-state index contributed by atoms with van der Waals surface area (Å²) in [6, 6.07) is 55.1. The summed E-state index contributed by atoms with van der Waals surface area (Å²) >= 11 is 0. The molecule has 10 aromatic rings. The van der Waals surface area contributed by atoms with Crippen LogP contribution in [0.1, 0.15) is 25.0 Å². The van der Waals surface area contributed by atoms with E-state index in [9.17, 15) is 0 Å². The Balaban J connectivity index is 1.11. The van der Waals surface area contributed by atoms with E-state index in [1.54, 1.807) is 0 Å². The highest BCUT2D eigenvalue weighted by atomic mass is 16.3. The first-order valence-corrected chi connectivity index (χ1v) is 18.0. The molecule has 5 heteroatoms. The van der Waals surface area contributed by atoms with Crippen LogP contribution in [0.3, 0.4) is 0 Å². The second-order valence-electron chi connectivity index (χ2n) is 14.4. The van der Waals surface area contributed by atoms with E-state index in [1.165, 1.54) is 44.1 Å². The Morgan fingerprint density at radius 2 is 0.981 bits per heavy atom. The van der Waals surface area contributed by atoms with Gasteiger partial charge in [0.1, 0.15) is 11.2 Å². The highest BCUT2D eigenvalue weighted by Crippen LogP contribution is 2.55. The van der Waals surface area contributed by atoms with E-state index < -0.39 is 0 Å². The minimum atomic E-state index is -0.323. The fraction of sp³-hybridized carbons (Fsp3) is 0.0625. The molecule has 0 unspecified atom stereocenters. The molecule has 0 bridgehead atoms. The molecule has 11 rings (SSSR count). The molecule has 0 saturated heterocycles. The molecule has 0 radical (unpaired) electrons. The van der Waals surface area contributed by atoms with Crippen molar-refractivity contribution in [2.24, 2.45) is 0 Å². The topological polar surface area (TPSA) is 56.7 Å². The van der Waals surface area contributed by atoms with Crippen LogP contribution in [0.25, 0.3) is 94.7 Å². The highest BCUT2D eigenvalue weighted by Gasteiger charge is 2.41. The summed E-state index contributed by atoms with van der Waals surface area (Å²) in [4.78, 5) is 14.9. The maximum absolute atomic E-state index is 6.65. The van der Waals surface area contributed by atoms with Crippen LogP contribution in [0.5, 0.6) is 0 Å². The number of benzene rings is 7. The summed E-state index contributed by atoms with van der Waals surface area (Å²) in [6.45, 7) is 4.70. The first kappa shape index (κ1) is 29.8. The van der Waals surface area contributed by atoms with Crippen molar-refractivity contribution >= 4 is 43.7 Å². The quantitative estimate of drug-likeness (QED) is 0.186. The Morgan fingerprint density at radius 1 is 0.453 bits per heavy atom. The Labute approximate surface area is 305 Å². The smallest absolute Gasteiger partial charge is 0.164 e. The lowest BCUT2D eigenvalue weighted by Gasteiger charge is -2.24. The van der Waals surface area contributed by atoms with Gasteiger partial charge in [-0.25, -0.2) is 15.0 Å². The van der Waals surface area contributed by atoms with Crippen LogP contribution in [0.4, 0.5) is 0 Å². The molecule has 5 nitrogen and oxygen atoms in total. The Morgan fingerprint density at radius 3 is 1.64 bits per heavy atom. The molecule has 3 heterocycles. The third-order valence-corrected chi connectivity index (χ3v) is 11.0. The standard InChI is InChI=1S/C48H32N4O/c1-48(2)41-35(36-26-28-38-34-18-10-12-20-40(34)53-44(38)42(36)48)25-27-37-33-17-9-11-19-39(33)52(43(37)41)32-23-21-31(22-24-32)47-50-45(29-13-5-3-6-14-29)49-46(51-47)30-15-7-4-8-16-30/h3-28H,1-2H3. The lowest BCUT2D eigenvalue weighted by molar-refractivity contribution is 0.621. The monoisotopic (exact) mass is 680 g/mol. The van der Waals surface area contributed by atoms with E-state index in [0.29, 0.717) is 17.5 Å². The third-order valence-electron chi connectivity index (χ3n) is 11.0. The van der Waals surface area contributed by atoms with E-state index in [2.05, 4.69) is 109 Å². The minimum Gasteiger partial charge on any atom is -0.456 e. The Kier molecular flexibility index (Phi) is 6.23. The molecule has 0 atom stereocenters. The van der Waals surface area contributed by atoms with Crippen LogP contribution in [0.2, 0.25) is 0 Å². The van der Waals surface area contributed by atoms with Crippen LogP contribution >= 0.6 is 0 Å². The summed E-state index contributed by atoms with van der Waals surface area (Å²) in [7, 11) is 0. The number of para-hydroxylation sites is 2. The number of aromatic nitrogens is 4. The summed E-state index contributed by atoms with van der Waals surface area (Å²) < 4.78 is 9.09. The van der Waals surface area contributed by atoms with Crippen LogP contribution in [-0.4, -0.2) is 19.5 Å². The van der Waals surface area contributed by atoms with E-state index in [0.717, 1.165) is 44.3 Å². The molecule has 0 fully saturated rings. The largest absolute Gasteiger partial charge is 0.456 e. The normalized spacial score (nSPS) is 13.2. The van der Waals surface area contributed by atoms with Crippen molar-refractivity contribution in [2.75, 3.05) is 0 Å². The van der Waals surface area contributed by atoms with Crippen molar-refractivity contribution in [3.05, 3.63) is 169 Å². The number of hydrogen-bond donors (Lipinski definition) is 0. The minimum absolute atomic E-state index is 0.323. The molecule has 0 spiro atoms. The van der Waals surface area contributed by atoms with Gasteiger partial charge in [0.25, 0.3) is 0 Å². The van der Waals surface area contributed by atoms with E-state index in [-0.39, 0.29) is 5.41 Å². The predicted octanol–water partition coefficient (Wildman–Crippen LogP) is 12.2. The van der Waals surface area contributed by atoms with Gasteiger partial charge in [-0.2, -0.15) is 0 Å². The van der Waals surface area contributed by atoms with Crippen molar-refractivity contribution in [3.8, 4) is 51.0 Å². The van der Waals surface area contributed by atoms with E-state index >= 15 is 0 Å². The van der Waals surface area contributed by atoms with Gasteiger partial charge in [-0.15, -0.1) is 0 Å². The molecule has 7 aromatic carbocycles. The molecular weight excluding hydrogens is 649 g/mol. The van der Waals surface area contributed by atoms with Gasteiger partial charge in [-0.3, -0.25) is 0 Å². The van der Waals surface area contributed by atoms with Crippen LogP contribution < -0.4 is 0 Å². The Bertz CT molecular complexity index is 3010. The van der Waals surface area contributed by atoms with Gasteiger partial charge in [0.15, 0.2) is 17.5 Å². The van der Waals surface area contributed by atoms with Crippen LogP contribution in [0.15, 0.2) is 162 Å². The molecule has 0 saturated carbocycles. The van der Waals surface area contributed by atoms with Gasteiger partial charge >= 0.3 is 0 Å². The third kappa shape index (κ3) is 4.34. The second kappa shape index (κ2) is 11.1. The van der Waals surface area contributed by atoms with Crippen molar-refractivity contribution in [2.45, 2.75) is 19.3 Å². The van der Waals surface area contributed by atoms with Crippen molar-refractivity contribution in [1.29, 1.82) is 0 Å². The van der Waals surface area contributed by atoms with Gasteiger partial charge < -0.3 is 8.98 Å². The van der Waals surface area contributed by atoms with Crippen LogP contribution in [0, 0.1) is 0 Å². The first-order chi connectivity index (χ1) is 26.0. The molecule has 1 aliphatic carbocycles. The van der Waals surface area contributed by atoms with Gasteiger partial charge in [0, 0.05) is 54.9 Å². The molecular formula is C48H32N4O. The van der Waals surface area contributed by atoms with Gasteiger partial charge in [-0.1, -0.05) is 129 Å². The molecule has 0 amide bonds. The maximum atomic E-state index is 6.65. The summed E-state index contributed by atoms with van der Waals surface area (Å²) in [5, 5.41) is 4.79. The molecule has 53 heavy (non-hydrogen) atoms. The zero-order valence-corrected chi connectivity index (χ0v) is 29.2. The Hall–Kier alpha value is -6.85. The van der Waals surface area contributed by atoms with Gasteiger partial charge in [-0.05, 0) is 59.2 Å². The first-order valence-electron chi connectivity index (χ1n) is 18.0. The fourth-order valence-electron chi connectivity index (χ4n) is 8.64. The van der Waals surface area contributed by atoms with Gasteiger partial charge in [0.2, 0.25) is 0 Å². The number of fused-ring (bicyclic) bond motifs is 11. The fourth-order valence-corrected chi connectivity index (χ4v) is 8.64. The zero-order chi connectivity index (χ0) is 35.3. The second-order valence-corrected chi connectivity index (χ2v) is 14.4. The van der Waals surface area contributed by atoms with Gasteiger partial charge in [0.05, 0.1) is 11.0 Å². The maximum Gasteiger partial charge on any atom is 0.164 e. The van der Waals surface area contributed by atoms with E-state index in [4.69, 9.17) is 19.4 Å². The van der Waals surface area contributed by atoms with E-state index in [1.807, 2.05) is 66.7 Å². The predicted molar refractivity (Wildman–Crippen MR) is 215 cm³/mol. The highest BCUT2D eigenvalue weighted by molar-refractivity contribution is 6.15. The number of rotatable bonds is 4. The summed E-state index contributed by atoms with van der Waals surface area (Å²) in [5.74, 6) is 1.94. The van der Waals surface area contributed by atoms with Crippen molar-refractivity contribution < 1.29 is 4.42 Å². The molecule has 1 aliphatic rings. The van der Waals surface area contributed by atoms with Crippen molar-refractivity contribution in [3.63, 3.8) is 0 Å². The molecule has 250 valence electrons. The molecule has 0 N–H and O–H groups in total. The molecule has 0 aliphatic heterocycles. The number of furan rings is 1. The number of hydrogen-bond acceptors (Lipinski definition) is 4. The lowest BCUT2D eigenvalue weighted by Crippen LogP contribution is -2.17. The summed E-state index contributed by atoms with van der Waals surface area (Å²) in [6.07, 6.45) is 0. The zero-order valence-electron chi connectivity index (χ0n) is 29.2. The summed E-state index contributed by atoms with van der Waals surface area (Å²) in [5.41, 5.74) is 12.9. The lowest BCUT2D eigenvalue weighted by atomic mass is 9.81. The molecule has 3 aromatic heterocycles. The SMILES string of the molecule is CC1(C)c2c(ccc3c2oc2ccccc23)-c2ccc3c4ccccc4n(-c4ccc(-c5nc(-c6ccccc6)nc(-c6ccccc6)n5)cc4)c3c21. The average Bonchev–Trinajstić information content (AvgIpc) is 3.83. The van der Waals surface area contributed by atoms with Crippen LogP contribution in [-0.2, 0) is 5.41 Å². The number of nitrogens with zero attached hydrogens (tertiary/aromatic N) is 4. The van der Waals surface area contributed by atoms with Crippen molar-refractivity contribution in [1.82, 2.24) is 19.5 Å². The average molecular weight is 681 g/mol.